The maximum atomic E-state index is 13.7. The number of carbonyl (C=O) groups is 5. The normalized spacial score (nSPS) is 26.3. The van der Waals surface area contributed by atoms with Crippen LogP contribution < -0.4 is 11.2 Å². The van der Waals surface area contributed by atoms with Crippen LogP contribution in [0.25, 0.3) is 0 Å². The van der Waals surface area contributed by atoms with Crippen molar-refractivity contribution in [3.05, 3.63) is 69.0 Å². The van der Waals surface area contributed by atoms with Crippen LogP contribution in [0.1, 0.15) is 39.5 Å². The summed E-state index contributed by atoms with van der Waals surface area (Å²) in [6.07, 6.45) is -14.8. The summed E-state index contributed by atoms with van der Waals surface area (Å²) in [4.78, 5) is 87.7. The van der Waals surface area contributed by atoms with Crippen molar-refractivity contribution in [2.45, 2.75) is 102 Å². The molecule has 2 fully saturated rings. The van der Waals surface area contributed by atoms with E-state index in [1.165, 1.54) is 7.11 Å². The van der Waals surface area contributed by atoms with Crippen LogP contribution in [0.4, 0.5) is 0 Å². The molecule has 2 saturated heterocycles. The molecule has 10 atom stereocenters. The Morgan fingerprint density at radius 2 is 1.45 bits per heavy atom. The molecule has 2 aliphatic heterocycles. The molecule has 2 aliphatic rings. The molecule has 2 unspecified atom stereocenters. The summed E-state index contributed by atoms with van der Waals surface area (Å²) in [5.74, 6) is -5.06. The zero-order valence-electron chi connectivity index (χ0n) is 30.8. The molecule has 2 aromatic rings. The third kappa shape index (κ3) is 11.0. The number of nitrogens with zero attached hydrogens (tertiary/aromatic N) is 3. The van der Waals surface area contributed by atoms with Crippen molar-refractivity contribution in [3.8, 4) is 6.07 Å². The molecule has 0 saturated carbocycles. The molecule has 0 aliphatic carbocycles. The molecule has 1 aromatic carbocycles. The molecule has 21 heteroatoms. The predicted molar refractivity (Wildman–Crippen MR) is 184 cm³/mol. The van der Waals surface area contributed by atoms with Crippen molar-refractivity contribution in [1.29, 1.82) is 5.26 Å². The number of hydrogen-bond acceptors (Lipinski definition) is 18. The Bertz CT molecular complexity index is 1880. The third-order valence-electron chi connectivity index (χ3n) is 8.22. The second-order valence-corrected chi connectivity index (χ2v) is 12.5. The van der Waals surface area contributed by atoms with Gasteiger partial charge in [-0.25, -0.2) is 9.36 Å². The van der Waals surface area contributed by atoms with Gasteiger partial charge in [0.2, 0.25) is 6.29 Å². The first-order valence-electron chi connectivity index (χ1n) is 16.9. The molecule has 304 valence electrons. The highest BCUT2D eigenvalue weighted by Crippen LogP contribution is 2.37. The van der Waals surface area contributed by atoms with Gasteiger partial charge in [-0.2, -0.15) is 5.26 Å². The number of aromatic nitrogens is 2. The summed E-state index contributed by atoms with van der Waals surface area (Å²) >= 11 is 5.57. The van der Waals surface area contributed by atoms with Crippen molar-refractivity contribution in [2.24, 2.45) is 0 Å². The van der Waals surface area contributed by atoms with Gasteiger partial charge in [0.15, 0.2) is 36.7 Å². The van der Waals surface area contributed by atoms with Crippen LogP contribution in [0.3, 0.4) is 0 Å². The average Bonchev–Trinajstić information content (AvgIpc) is 3.49. The van der Waals surface area contributed by atoms with Gasteiger partial charge < -0.3 is 47.4 Å². The molecular formula is C35H40ClN3O17. The lowest BCUT2D eigenvalue weighted by molar-refractivity contribution is -0.319. The summed E-state index contributed by atoms with van der Waals surface area (Å²) in [5, 5.41) is 10.5. The second-order valence-electron chi connectivity index (χ2n) is 12.3. The molecule has 0 bridgehead atoms. The Kier molecular flexibility index (Phi) is 15.7. The molecular weight excluding hydrogens is 770 g/mol. The van der Waals surface area contributed by atoms with E-state index < -0.39 is 122 Å². The van der Waals surface area contributed by atoms with Gasteiger partial charge >= 0.3 is 35.5 Å². The second kappa shape index (κ2) is 20.1. The smallest absolute Gasteiger partial charge is 0.335 e. The van der Waals surface area contributed by atoms with Gasteiger partial charge in [0, 0.05) is 47.1 Å². The van der Waals surface area contributed by atoms with E-state index >= 15 is 0 Å². The topological polar surface area (TPSA) is 245 Å². The van der Waals surface area contributed by atoms with Gasteiger partial charge in [0.05, 0.1) is 12.7 Å². The number of hydrogen-bond donors (Lipinski definition) is 0. The summed E-state index contributed by atoms with van der Waals surface area (Å²) in [6, 6.07) is 11.9. The van der Waals surface area contributed by atoms with Gasteiger partial charge in [0.25, 0.3) is 5.56 Å². The summed E-state index contributed by atoms with van der Waals surface area (Å²) < 4.78 is 58.0. The maximum absolute atomic E-state index is 13.7. The van der Waals surface area contributed by atoms with E-state index in [1.807, 2.05) is 12.1 Å². The first-order chi connectivity index (χ1) is 26.7. The molecule has 20 nitrogen and oxygen atoms in total. The van der Waals surface area contributed by atoms with E-state index in [1.54, 1.807) is 24.3 Å². The van der Waals surface area contributed by atoms with E-state index in [9.17, 15) is 38.8 Å². The Labute approximate surface area is 323 Å². The predicted octanol–water partition coefficient (Wildman–Crippen LogP) is 0.239. The largest absolute Gasteiger partial charge is 0.462 e. The first-order valence-corrected chi connectivity index (χ1v) is 17.4. The van der Waals surface area contributed by atoms with Crippen LogP contribution in [0.15, 0.2) is 52.2 Å². The molecule has 3 heterocycles. The molecule has 0 N–H and O–H groups in total. The quantitative estimate of drug-likeness (QED) is 0.125. The van der Waals surface area contributed by atoms with Crippen LogP contribution in [0, 0.1) is 11.3 Å². The van der Waals surface area contributed by atoms with Crippen LogP contribution >= 0.6 is 11.6 Å². The van der Waals surface area contributed by atoms with Crippen molar-refractivity contribution < 1.29 is 71.3 Å². The lowest BCUT2D eigenvalue weighted by Crippen LogP contribution is -2.63. The minimum absolute atomic E-state index is 0.0769. The molecule has 4 rings (SSSR count). The van der Waals surface area contributed by atoms with E-state index in [0.717, 1.165) is 54.7 Å². The van der Waals surface area contributed by atoms with Gasteiger partial charge in [-0.3, -0.25) is 33.3 Å². The van der Waals surface area contributed by atoms with E-state index in [2.05, 4.69) is 0 Å². The molecule has 0 amide bonds. The fraction of sp³-hybridized carbons (Fsp3) is 0.543. The molecule has 0 radical (unpaired) electrons. The number of rotatable bonds is 16. The Morgan fingerprint density at radius 3 is 2.04 bits per heavy atom. The first kappa shape index (κ1) is 43.6. The summed E-state index contributed by atoms with van der Waals surface area (Å²) in [6.45, 7) is 3.11. The highest BCUT2D eigenvalue weighted by atomic mass is 35.5. The fourth-order valence-electron chi connectivity index (χ4n) is 6.02. The lowest BCUT2D eigenvalue weighted by Gasteiger charge is -2.44. The number of nitriles is 1. The Hall–Kier alpha value is -5.17. The highest BCUT2D eigenvalue weighted by Gasteiger charge is 2.57. The van der Waals surface area contributed by atoms with Gasteiger partial charge in [-0.05, 0) is 5.56 Å². The molecule has 56 heavy (non-hydrogen) atoms. The van der Waals surface area contributed by atoms with Crippen molar-refractivity contribution >= 4 is 41.4 Å². The lowest BCUT2D eigenvalue weighted by atomic mass is 9.97. The van der Waals surface area contributed by atoms with Crippen molar-refractivity contribution in [2.75, 3.05) is 19.6 Å². The summed E-state index contributed by atoms with van der Waals surface area (Å²) in [7, 11) is 1.22. The number of alkyl halides is 1. The van der Waals surface area contributed by atoms with E-state index in [4.69, 9.17) is 59.0 Å². The van der Waals surface area contributed by atoms with Crippen LogP contribution in [0.2, 0.25) is 0 Å². The van der Waals surface area contributed by atoms with Gasteiger partial charge in [-0.1, -0.05) is 30.3 Å². The number of ether oxygens (including phenoxy) is 10. The zero-order valence-corrected chi connectivity index (χ0v) is 31.6. The van der Waals surface area contributed by atoms with Gasteiger partial charge in [0.1, 0.15) is 37.5 Å². The SMILES string of the molecule is COC1C(OC(C)=O)[C@@H]([C@H](C#N)O[C@H]2O[C@H](COC(=O)CCl)[C@@H](OC(C)=O)[C@H](OC(C)=O)[C@@H]2OC(C)=O)O[C@H]1n1ccc(=O)n(COCc2ccccc2)c1=O. The highest BCUT2D eigenvalue weighted by molar-refractivity contribution is 6.26. The third-order valence-corrected chi connectivity index (χ3v) is 8.44. The standard InChI is InChI=1S/C35H40ClN3O17/c1-18(40)50-28-24(16-49-26(45)13-36)55-34(32(53-21(4)43)30(28)52-20(3)42)54-23(14-37)27-29(51-19(2)41)31(47-5)33(56-27)38-12-11-25(44)39(35(38)46)17-48-15-22-9-7-6-8-10-22/h6-12,23-24,27-34H,13,15-17H2,1-5H3/t23-,24+,27+,28+,29?,30-,31?,32-,33+,34-/m0/s1. The number of benzene rings is 1. The number of halogens is 1. The molecule has 1 aromatic heterocycles. The monoisotopic (exact) mass is 809 g/mol. The van der Waals surface area contributed by atoms with E-state index in [-0.39, 0.29) is 6.61 Å². The van der Waals surface area contributed by atoms with Gasteiger partial charge in [-0.15, -0.1) is 11.6 Å². The molecule has 0 spiro atoms. The zero-order chi connectivity index (χ0) is 41.1. The van der Waals surface area contributed by atoms with E-state index in [0.29, 0.717) is 0 Å². The van der Waals surface area contributed by atoms with Crippen LogP contribution in [0.5, 0.6) is 0 Å². The average molecular weight is 810 g/mol. The fourth-order valence-corrected chi connectivity index (χ4v) is 6.10. The number of carbonyl (C=O) groups excluding carboxylic acids is 5. The summed E-state index contributed by atoms with van der Waals surface area (Å²) in [5.41, 5.74) is -0.828. The van der Waals surface area contributed by atoms with Crippen molar-refractivity contribution in [3.63, 3.8) is 0 Å². The Balaban J connectivity index is 1.71. The minimum Gasteiger partial charge on any atom is -0.462 e. The minimum atomic E-state index is -1.85. The Morgan fingerprint density at radius 1 is 0.839 bits per heavy atom. The van der Waals surface area contributed by atoms with Crippen LogP contribution in [-0.2, 0) is 84.7 Å². The van der Waals surface area contributed by atoms with Crippen LogP contribution in [-0.4, -0.2) is 114 Å². The number of esters is 5. The maximum Gasteiger partial charge on any atom is 0.335 e. The van der Waals surface area contributed by atoms with Crippen molar-refractivity contribution in [1.82, 2.24) is 9.13 Å². The number of methoxy groups -OCH3 is 1.